The van der Waals surface area contributed by atoms with Crippen molar-refractivity contribution in [3.63, 3.8) is 0 Å². The molecular formula is C17H18N4O3S2. The number of aromatic hydroxyl groups is 1. The number of nitro benzene ring substituents is 1. The largest absolute Gasteiger partial charge is 0.508 e. The fourth-order valence-corrected chi connectivity index (χ4v) is 3.31. The second kappa shape index (κ2) is 9.16. The Hall–Kier alpha value is -2.65. The van der Waals surface area contributed by atoms with Crippen LogP contribution >= 0.6 is 24.0 Å². The van der Waals surface area contributed by atoms with E-state index in [1.165, 1.54) is 34.9 Å². The van der Waals surface area contributed by atoms with E-state index in [1.54, 1.807) is 0 Å². The molecule has 9 heteroatoms. The summed E-state index contributed by atoms with van der Waals surface area (Å²) in [5.41, 5.74) is 6.88. The first-order valence-corrected chi connectivity index (χ1v) is 9.21. The number of thioether (sulfide) groups is 1. The van der Waals surface area contributed by atoms with Gasteiger partial charge in [0.15, 0.2) is 5.11 Å². The number of thiocarbonyl (C=S) groups is 1. The lowest BCUT2D eigenvalue weighted by Crippen LogP contribution is -2.41. The molecule has 0 spiro atoms. The van der Waals surface area contributed by atoms with Gasteiger partial charge in [0, 0.05) is 41.3 Å². The van der Waals surface area contributed by atoms with E-state index >= 15 is 0 Å². The summed E-state index contributed by atoms with van der Waals surface area (Å²) < 4.78 is 0. The number of non-ortho nitro benzene ring substituents is 1. The highest BCUT2D eigenvalue weighted by Gasteiger charge is 2.15. The Morgan fingerprint density at radius 1 is 1.31 bits per heavy atom. The molecule has 0 heterocycles. The zero-order valence-corrected chi connectivity index (χ0v) is 15.4. The van der Waals surface area contributed by atoms with Crippen molar-refractivity contribution in [3.05, 3.63) is 69.8 Å². The molecule has 26 heavy (non-hydrogen) atoms. The van der Waals surface area contributed by atoms with Gasteiger partial charge in [-0.1, -0.05) is 30.3 Å². The van der Waals surface area contributed by atoms with Crippen LogP contribution in [0.1, 0.15) is 11.1 Å². The van der Waals surface area contributed by atoms with Crippen molar-refractivity contribution in [1.29, 1.82) is 5.41 Å². The molecule has 2 aromatic carbocycles. The van der Waals surface area contributed by atoms with E-state index in [1.807, 2.05) is 30.3 Å². The van der Waals surface area contributed by atoms with E-state index in [9.17, 15) is 15.2 Å². The van der Waals surface area contributed by atoms with Gasteiger partial charge in [-0.05, 0) is 18.3 Å². The smallest absolute Gasteiger partial charge is 0.270 e. The van der Waals surface area contributed by atoms with Gasteiger partial charge in [-0.3, -0.25) is 15.5 Å². The first-order chi connectivity index (χ1) is 12.4. The van der Waals surface area contributed by atoms with Crippen LogP contribution in [0.3, 0.4) is 0 Å². The Balaban J connectivity index is 1.95. The van der Waals surface area contributed by atoms with Crippen molar-refractivity contribution >= 4 is 40.6 Å². The number of benzene rings is 2. The SMILES string of the molecule is N=C(c1ccccc1)N(CCSCc1cc([N+](=O)[O-])ccc1O)C(N)=S. The molecular weight excluding hydrogens is 372 g/mol. The molecule has 0 unspecified atom stereocenters. The van der Waals surface area contributed by atoms with Crippen LogP contribution < -0.4 is 5.73 Å². The summed E-state index contributed by atoms with van der Waals surface area (Å²) in [4.78, 5) is 11.9. The Labute approximate surface area is 160 Å². The average Bonchev–Trinajstić information content (AvgIpc) is 2.62. The van der Waals surface area contributed by atoms with E-state index in [4.69, 9.17) is 23.4 Å². The van der Waals surface area contributed by atoms with Gasteiger partial charge in [0.05, 0.1) is 4.92 Å². The van der Waals surface area contributed by atoms with Crippen molar-refractivity contribution < 1.29 is 10.0 Å². The van der Waals surface area contributed by atoms with E-state index in [-0.39, 0.29) is 22.4 Å². The highest BCUT2D eigenvalue weighted by molar-refractivity contribution is 7.98. The molecule has 0 aliphatic rings. The Morgan fingerprint density at radius 3 is 2.62 bits per heavy atom. The molecule has 0 amide bonds. The number of rotatable bonds is 7. The van der Waals surface area contributed by atoms with Gasteiger partial charge in [0.2, 0.25) is 0 Å². The maximum Gasteiger partial charge on any atom is 0.270 e. The molecule has 0 bridgehead atoms. The third-order valence-electron chi connectivity index (χ3n) is 3.57. The van der Waals surface area contributed by atoms with E-state index in [0.29, 0.717) is 29.2 Å². The van der Waals surface area contributed by atoms with E-state index in [0.717, 1.165) is 0 Å². The molecule has 136 valence electrons. The lowest BCUT2D eigenvalue weighted by molar-refractivity contribution is -0.384. The van der Waals surface area contributed by atoms with Crippen LogP contribution in [0, 0.1) is 15.5 Å². The molecule has 4 N–H and O–H groups in total. The zero-order chi connectivity index (χ0) is 19.1. The number of phenolic OH excluding ortho intramolecular Hbond substituents is 1. The second-order valence-electron chi connectivity index (χ2n) is 5.33. The van der Waals surface area contributed by atoms with Crippen LogP contribution in [-0.2, 0) is 5.75 Å². The molecule has 2 rings (SSSR count). The summed E-state index contributed by atoms with van der Waals surface area (Å²) in [5.74, 6) is 1.22. The van der Waals surface area contributed by atoms with Gasteiger partial charge >= 0.3 is 0 Å². The molecule has 0 aliphatic heterocycles. The molecule has 0 aromatic heterocycles. The molecule has 0 saturated carbocycles. The summed E-state index contributed by atoms with van der Waals surface area (Å²) in [6.07, 6.45) is 0. The minimum Gasteiger partial charge on any atom is -0.508 e. The van der Waals surface area contributed by atoms with Crippen LogP contribution in [0.2, 0.25) is 0 Å². The summed E-state index contributed by atoms with van der Waals surface area (Å²) in [6.45, 7) is 0.420. The minimum absolute atomic E-state index is 0.0198. The number of hydrogen-bond acceptors (Lipinski definition) is 6. The summed E-state index contributed by atoms with van der Waals surface area (Å²) >= 11 is 6.50. The fraction of sp³-hybridized carbons (Fsp3) is 0.176. The molecule has 0 radical (unpaired) electrons. The van der Waals surface area contributed by atoms with Crippen molar-refractivity contribution in [2.45, 2.75) is 5.75 Å². The minimum atomic E-state index is -0.497. The summed E-state index contributed by atoms with van der Waals surface area (Å²) in [7, 11) is 0. The van der Waals surface area contributed by atoms with Gasteiger partial charge in [0.25, 0.3) is 5.69 Å². The van der Waals surface area contributed by atoms with Gasteiger partial charge in [-0.25, -0.2) is 0 Å². The molecule has 0 saturated heterocycles. The van der Waals surface area contributed by atoms with E-state index in [2.05, 4.69) is 0 Å². The van der Waals surface area contributed by atoms with Crippen LogP contribution in [0.15, 0.2) is 48.5 Å². The quantitative estimate of drug-likeness (QED) is 0.166. The normalized spacial score (nSPS) is 10.3. The van der Waals surface area contributed by atoms with Crippen molar-refractivity contribution in [2.75, 3.05) is 12.3 Å². The third kappa shape index (κ3) is 5.17. The lowest BCUT2D eigenvalue weighted by Gasteiger charge is -2.23. The third-order valence-corrected chi connectivity index (χ3v) is 4.78. The summed E-state index contributed by atoms with van der Waals surface area (Å²) in [5, 5.41) is 29.0. The molecule has 7 nitrogen and oxygen atoms in total. The van der Waals surface area contributed by atoms with Crippen LogP contribution in [0.5, 0.6) is 5.75 Å². The topological polar surface area (TPSA) is 116 Å². The standard InChI is InChI=1S/C17H18N4O3S2/c18-16(12-4-2-1-3-5-12)20(17(19)25)8-9-26-11-13-10-14(21(23)24)6-7-15(13)22/h1-7,10,18,22H,8-9,11H2,(H2,19,25). The first-order valence-electron chi connectivity index (χ1n) is 7.65. The van der Waals surface area contributed by atoms with Crippen LogP contribution in [0.25, 0.3) is 0 Å². The van der Waals surface area contributed by atoms with Crippen molar-refractivity contribution in [1.82, 2.24) is 4.90 Å². The van der Waals surface area contributed by atoms with Gasteiger partial charge in [-0.15, -0.1) is 0 Å². The van der Waals surface area contributed by atoms with Crippen molar-refractivity contribution in [2.24, 2.45) is 5.73 Å². The number of nitrogens with zero attached hydrogens (tertiary/aromatic N) is 2. The Bertz CT molecular complexity index is 815. The number of nitrogens with two attached hydrogens (primary N) is 1. The maximum atomic E-state index is 10.8. The molecule has 0 aliphatic carbocycles. The summed E-state index contributed by atoms with van der Waals surface area (Å²) in [6, 6.07) is 13.1. The maximum absolute atomic E-state index is 10.8. The average molecular weight is 390 g/mol. The first kappa shape index (κ1) is 19.7. The van der Waals surface area contributed by atoms with Crippen molar-refractivity contribution in [3.8, 4) is 5.75 Å². The highest BCUT2D eigenvalue weighted by Crippen LogP contribution is 2.26. The number of nitro groups is 1. The predicted octanol–water partition coefficient (Wildman–Crippen LogP) is 3.10. The lowest BCUT2D eigenvalue weighted by atomic mass is 10.2. The fourth-order valence-electron chi connectivity index (χ4n) is 2.22. The Morgan fingerprint density at radius 2 is 2.00 bits per heavy atom. The second-order valence-corrected chi connectivity index (χ2v) is 6.85. The number of phenols is 1. The van der Waals surface area contributed by atoms with Gasteiger partial charge in [-0.2, -0.15) is 11.8 Å². The zero-order valence-electron chi connectivity index (χ0n) is 13.8. The highest BCUT2D eigenvalue weighted by atomic mass is 32.2. The monoisotopic (exact) mass is 390 g/mol. The number of hydrogen-bond donors (Lipinski definition) is 3. The van der Waals surface area contributed by atoms with Gasteiger partial charge < -0.3 is 15.7 Å². The number of amidine groups is 1. The molecule has 0 fully saturated rings. The number of nitrogens with one attached hydrogen (secondary N) is 1. The molecule has 0 atom stereocenters. The Kier molecular flexibility index (Phi) is 6.93. The predicted molar refractivity (Wildman–Crippen MR) is 108 cm³/mol. The van der Waals surface area contributed by atoms with Gasteiger partial charge in [0.1, 0.15) is 11.6 Å². The van der Waals surface area contributed by atoms with E-state index < -0.39 is 4.92 Å². The van der Waals surface area contributed by atoms with Crippen LogP contribution in [-0.4, -0.2) is 38.2 Å². The van der Waals surface area contributed by atoms with Crippen LogP contribution in [0.4, 0.5) is 5.69 Å². The molecule has 2 aromatic rings.